The predicted molar refractivity (Wildman–Crippen MR) is 83.9 cm³/mol. The number of H-pyrrole nitrogens is 1. The highest BCUT2D eigenvalue weighted by atomic mass is 32.2. The van der Waals surface area contributed by atoms with E-state index >= 15 is 0 Å². The van der Waals surface area contributed by atoms with Gasteiger partial charge in [-0.15, -0.1) is 5.10 Å². The van der Waals surface area contributed by atoms with E-state index < -0.39 is 0 Å². The van der Waals surface area contributed by atoms with Gasteiger partial charge in [0.05, 0.1) is 7.11 Å². The fraction of sp³-hybridized carbons (Fsp3) is 0.429. The molecule has 0 aliphatic heterocycles. The van der Waals surface area contributed by atoms with Crippen molar-refractivity contribution >= 4 is 11.8 Å². The lowest BCUT2D eigenvalue weighted by Crippen LogP contribution is -2.20. The molecule has 1 heterocycles. The molecule has 7 heteroatoms. The third-order valence-corrected chi connectivity index (χ3v) is 4.19. The first-order chi connectivity index (χ1) is 10.0. The average molecular weight is 308 g/mol. The first kappa shape index (κ1) is 15.7. The maximum absolute atomic E-state index is 11.7. The van der Waals surface area contributed by atoms with E-state index in [2.05, 4.69) is 10.2 Å². The molecule has 1 unspecified atom stereocenters. The molecule has 0 aliphatic rings. The zero-order valence-corrected chi connectivity index (χ0v) is 13.2. The lowest BCUT2D eigenvalue weighted by atomic mass is 10.1. The van der Waals surface area contributed by atoms with Gasteiger partial charge in [-0.3, -0.25) is 4.57 Å². The van der Waals surface area contributed by atoms with Gasteiger partial charge in [-0.2, -0.15) is 0 Å². The van der Waals surface area contributed by atoms with Crippen LogP contribution in [0.3, 0.4) is 0 Å². The van der Waals surface area contributed by atoms with E-state index in [0.29, 0.717) is 10.9 Å². The molecule has 1 atom stereocenters. The molecular weight excluding hydrogens is 288 g/mol. The standard InChI is InChI=1S/C14H20N4O2S/c1-9(2)18-13(19)16-17-14(18)21-8-11(15)10-6-4-5-7-12(10)20-3/h4-7,9,11H,8,15H2,1-3H3,(H,16,19). The third kappa shape index (κ3) is 3.48. The molecule has 114 valence electrons. The second kappa shape index (κ2) is 6.82. The number of hydrogen-bond acceptors (Lipinski definition) is 5. The summed E-state index contributed by atoms with van der Waals surface area (Å²) in [6, 6.07) is 7.54. The number of thioether (sulfide) groups is 1. The van der Waals surface area contributed by atoms with Gasteiger partial charge < -0.3 is 10.5 Å². The first-order valence-corrected chi connectivity index (χ1v) is 7.71. The normalized spacial score (nSPS) is 12.6. The van der Waals surface area contributed by atoms with Gasteiger partial charge in [0.2, 0.25) is 0 Å². The van der Waals surface area contributed by atoms with Crippen molar-refractivity contribution in [3.63, 3.8) is 0 Å². The Morgan fingerprint density at radius 2 is 2.14 bits per heavy atom. The SMILES string of the molecule is COc1ccccc1C(N)CSc1n[nH]c(=O)n1C(C)C. The number of benzene rings is 1. The molecule has 0 saturated carbocycles. The Hall–Kier alpha value is -1.73. The molecule has 2 rings (SSSR count). The maximum atomic E-state index is 11.7. The van der Waals surface area contributed by atoms with Crippen molar-refractivity contribution in [1.29, 1.82) is 0 Å². The Labute approximate surface area is 127 Å². The molecule has 1 aromatic carbocycles. The molecule has 6 nitrogen and oxygen atoms in total. The Kier molecular flexibility index (Phi) is 5.08. The lowest BCUT2D eigenvalue weighted by Gasteiger charge is -2.15. The number of para-hydroxylation sites is 1. The number of nitrogens with one attached hydrogen (secondary N) is 1. The summed E-state index contributed by atoms with van der Waals surface area (Å²) in [5.74, 6) is 1.38. The Morgan fingerprint density at radius 1 is 1.43 bits per heavy atom. The summed E-state index contributed by atoms with van der Waals surface area (Å²) in [7, 11) is 1.63. The molecule has 0 saturated heterocycles. The number of hydrogen-bond donors (Lipinski definition) is 2. The third-order valence-electron chi connectivity index (χ3n) is 3.12. The predicted octanol–water partition coefficient (Wildman–Crippen LogP) is 1.95. The second-order valence-electron chi connectivity index (χ2n) is 4.93. The first-order valence-electron chi connectivity index (χ1n) is 6.72. The highest BCUT2D eigenvalue weighted by molar-refractivity contribution is 7.99. The Balaban J connectivity index is 2.11. The number of methoxy groups -OCH3 is 1. The minimum absolute atomic E-state index is 0.0567. The highest BCUT2D eigenvalue weighted by Gasteiger charge is 2.16. The van der Waals surface area contributed by atoms with Gasteiger partial charge in [0.15, 0.2) is 5.16 Å². The summed E-state index contributed by atoms with van der Waals surface area (Å²) >= 11 is 1.46. The summed E-state index contributed by atoms with van der Waals surface area (Å²) in [5.41, 5.74) is 6.98. The van der Waals surface area contributed by atoms with Crippen LogP contribution in [0.15, 0.2) is 34.2 Å². The van der Waals surface area contributed by atoms with E-state index in [-0.39, 0.29) is 17.8 Å². The van der Waals surface area contributed by atoms with Crippen LogP contribution in [-0.4, -0.2) is 27.6 Å². The molecule has 1 aromatic heterocycles. The zero-order chi connectivity index (χ0) is 15.4. The van der Waals surface area contributed by atoms with Crippen molar-refractivity contribution in [3.05, 3.63) is 40.3 Å². The van der Waals surface area contributed by atoms with E-state index in [1.165, 1.54) is 11.8 Å². The molecule has 0 amide bonds. The fourth-order valence-electron chi connectivity index (χ4n) is 2.07. The molecule has 0 radical (unpaired) electrons. The molecular formula is C14H20N4O2S. The molecule has 21 heavy (non-hydrogen) atoms. The number of aromatic nitrogens is 3. The molecule has 2 aromatic rings. The van der Waals surface area contributed by atoms with Crippen molar-refractivity contribution < 1.29 is 4.74 Å². The number of nitrogens with two attached hydrogens (primary N) is 1. The van der Waals surface area contributed by atoms with Crippen molar-refractivity contribution in [1.82, 2.24) is 14.8 Å². The summed E-state index contributed by atoms with van der Waals surface area (Å²) in [6.45, 7) is 3.89. The number of ether oxygens (including phenoxy) is 1. The molecule has 0 fully saturated rings. The van der Waals surface area contributed by atoms with Gasteiger partial charge >= 0.3 is 5.69 Å². The number of nitrogens with zero attached hydrogens (tertiary/aromatic N) is 2. The molecule has 0 aliphatic carbocycles. The lowest BCUT2D eigenvalue weighted by molar-refractivity contribution is 0.407. The largest absolute Gasteiger partial charge is 0.496 e. The summed E-state index contributed by atoms with van der Waals surface area (Å²) in [6.07, 6.45) is 0. The topological polar surface area (TPSA) is 85.9 Å². The Bertz CT molecular complexity index is 650. The van der Waals surface area contributed by atoms with Crippen LogP contribution in [0.5, 0.6) is 5.75 Å². The van der Waals surface area contributed by atoms with Gasteiger partial charge in [0.1, 0.15) is 5.75 Å². The van der Waals surface area contributed by atoms with Gasteiger partial charge in [0.25, 0.3) is 0 Å². The quantitative estimate of drug-likeness (QED) is 0.797. The molecule has 3 N–H and O–H groups in total. The average Bonchev–Trinajstić information content (AvgIpc) is 2.85. The summed E-state index contributed by atoms with van der Waals surface area (Å²) < 4.78 is 6.94. The van der Waals surface area contributed by atoms with Gasteiger partial charge in [0, 0.05) is 23.4 Å². The number of aromatic amines is 1. The van der Waals surface area contributed by atoms with Gasteiger partial charge in [-0.05, 0) is 19.9 Å². The monoisotopic (exact) mass is 308 g/mol. The minimum Gasteiger partial charge on any atom is -0.496 e. The van der Waals surface area contributed by atoms with Crippen LogP contribution in [0.1, 0.15) is 31.5 Å². The Morgan fingerprint density at radius 3 is 2.81 bits per heavy atom. The van der Waals surface area contributed by atoms with E-state index in [1.807, 2.05) is 38.1 Å². The highest BCUT2D eigenvalue weighted by Crippen LogP contribution is 2.28. The number of rotatable bonds is 6. The smallest absolute Gasteiger partial charge is 0.344 e. The van der Waals surface area contributed by atoms with Crippen LogP contribution >= 0.6 is 11.8 Å². The van der Waals surface area contributed by atoms with Crippen molar-refractivity contribution in [2.75, 3.05) is 12.9 Å². The maximum Gasteiger partial charge on any atom is 0.344 e. The molecule has 0 bridgehead atoms. The second-order valence-corrected chi connectivity index (χ2v) is 5.92. The van der Waals surface area contributed by atoms with E-state index in [0.717, 1.165) is 11.3 Å². The van der Waals surface area contributed by atoms with Crippen molar-refractivity contribution in [3.8, 4) is 5.75 Å². The zero-order valence-electron chi connectivity index (χ0n) is 12.4. The molecule has 0 spiro atoms. The van der Waals surface area contributed by atoms with E-state index in [1.54, 1.807) is 11.7 Å². The fourth-order valence-corrected chi connectivity index (χ4v) is 3.13. The van der Waals surface area contributed by atoms with Crippen LogP contribution < -0.4 is 16.2 Å². The van der Waals surface area contributed by atoms with Gasteiger partial charge in [-0.1, -0.05) is 30.0 Å². The van der Waals surface area contributed by atoms with Crippen LogP contribution in [0.2, 0.25) is 0 Å². The van der Waals surface area contributed by atoms with Crippen LogP contribution in [-0.2, 0) is 0 Å². The van der Waals surface area contributed by atoms with Crippen LogP contribution in [0, 0.1) is 0 Å². The summed E-state index contributed by atoms with van der Waals surface area (Å²) in [4.78, 5) is 11.7. The minimum atomic E-state index is -0.196. The summed E-state index contributed by atoms with van der Waals surface area (Å²) in [5, 5.41) is 7.18. The van der Waals surface area contributed by atoms with Crippen molar-refractivity contribution in [2.45, 2.75) is 31.1 Å². The van der Waals surface area contributed by atoms with Crippen LogP contribution in [0.25, 0.3) is 0 Å². The van der Waals surface area contributed by atoms with Crippen LogP contribution in [0.4, 0.5) is 0 Å². The van der Waals surface area contributed by atoms with E-state index in [4.69, 9.17) is 10.5 Å². The van der Waals surface area contributed by atoms with Gasteiger partial charge in [-0.25, -0.2) is 9.89 Å². The van der Waals surface area contributed by atoms with Crippen molar-refractivity contribution in [2.24, 2.45) is 5.73 Å². The van der Waals surface area contributed by atoms with E-state index in [9.17, 15) is 4.79 Å².